The average molecular weight is 423 g/mol. The van der Waals surface area contributed by atoms with E-state index in [0.717, 1.165) is 10.6 Å². The van der Waals surface area contributed by atoms with Crippen LogP contribution < -0.4 is 14.4 Å². The van der Waals surface area contributed by atoms with Crippen LogP contribution in [0.15, 0.2) is 61.2 Å². The number of carbonyl (C=O) groups excluding carboxylic acids is 1. The third kappa shape index (κ3) is 5.74. The molecule has 2 aromatic carbocycles. The molecule has 0 aromatic heterocycles. The highest BCUT2D eigenvalue weighted by molar-refractivity contribution is 7.92. The molecule has 8 heteroatoms. The molecule has 150 valence electrons. The van der Waals surface area contributed by atoms with E-state index in [9.17, 15) is 13.2 Å². The fraction of sp³-hybridized carbons (Fsp3) is 0.250. The zero-order chi connectivity index (χ0) is 20.7. The molecule has 1 N–H and O–H groups in total. The Bertz CT molecular complexity index is 929. The van der Waals surface area contributed by atoms with Crippen molar-refractivity contribution in [1.82, 2.24) is 0 Å². The summed E-state index contributed by atoms with van der Waals surface area (Å²) in [5.74, 6) is 0.132. The fourth-order valence-electron chi connectivity index (χ4n) is 2.69. The van der Waals surface area contributed by atoms with Gasteiger partial charge in [-0.2, -0.15) is 0 Å². The van der Waals surface area contributed by atoms with Crippen molar-refractivity contribution in [3.05, 3.63) is 66.2 Å². The van der Waals surface area contributed by atoms with Gasteiger partial charge in [0.15, 0.2) is 0 Å². The number of sulfonamides is 1. The number of amides is 1. The van der Waals surface area contributed by atoms with E-state index in [1.54, 1.807) is 61.5 Å². The van der Waals surface area contributed by atoms with Gasteiger partial charge in [0.2, 0.25) is 15.9 Å². The molecule has 1 unspecified atom stereocenters. The van der Waals surface area contributed by atoms with E-state index < -0.39 is 22.0 Å². The first kappa shape index (κ1) is 21.8. The third-order valence-corrected chi connectivity index (χ3v) is 5.31. The second-order valence-corrected chi connectivity index (χ2v) is 8.37. The Balaban J connectivity index is 2.29. The molecule has 0 saturated heterocycles. The largest absolute Gasteiger partial charge is 0.489 e. The fourth-order valence-corrected chi connectivity index (χ4v) is 4.03. The van der Waals surface area contributed by atoms with Gasteiger partial charge < -0.3 is 10.1 Å². The summed E-state index contributed by atoms with van der Waals surface area (Å²) in [6.45, 7) is 5.68. The Morgan fingerprint density at radius 1 is 1.29 bits per heavy atom. The number of nitrogens with zero attached hydrogens (tertiary/aromatic N) is 1. The highest BCUT2D eigenvalue weighted by Crippen LogP contribution is 2.25. The minimum absolute atomic E-state index is 0.286. The molecule has 1 amide bonds. The Hall–Kier alpha value is -2.51. The van der Waals surface area contributed by atoms with Crippen LogP contribution in [0.2, 0.25) is 5.02 Å². The summed E-state index contributed by atoms with van der Waals surface area (Å²) in [5, 5.41) is 3.24. The molecule has 2 aromatic rings. The third-order valence-electron chi connectivity index (χ3n) is 3.88. The first-order valence-electron chi connectivity index (χ1n) is 8.66. The summed E-state index contributed by atoms with van der Waals surface area (Å²) in [7, 11) is -3.71. The molecule has 6 nitrogen and oxygen atoms in total. The number of rotatable bonds is 9. The van der Waals surface area contributed by atoms with Crippen molar-refractivity contribution in [2.24, 2.45) is 0 Å². The van der Waals surface area contributed by atoms with Gasteiger partial charge in [-0.3, -0.25) is 9.10 Å². The van der Waals surface area contributed by atoms with Gasteiger partial charge >= 0.3 is 0 Å². The van der Waals surface area contributed by atoms with Crippen LogP contribution in [-0.2, 0) is 14.8 Å². The van der Waals surface area contributed by atoms with E-state index in [1.165, 1.54) is 0 Å². The van der Waals surface area contributed by atoms with Gasteiger partial charge in [0.1, 0.15) is 18.4 Å². The Kier molecular flexibility index (Phi) is 7.48. The SMILES string of the molecule is C=CCOc1cccc(NC(=O)C(CC)N(c2ccc(Cl)cc2)S(C)(=O)=O)c1. The normalized spacial score (nSPS) is 12.1. The van der Waals surface area contributed by atoms with E-state index in [4.69, 9.17) is 16.3 Å². The van der Waals surface area contributed by atoms with Crippen LogP contribution in [0.1, 0.15) is 13.3 Å². The summed E-state index contributed by atoms with van der Waals surface area (Å²) in [5.41, 5.74) is 0.881. The second-order valence-electron chi connectivity index (χ2n) is 6.08. The van der Waals surface area contributed by atoms with Gasteiger partial charge in [0, 0.05) is 16.8 Å². The van der Waals surface area contributed by atoms with E-state index in [2.05, 4.69) is 11.9 Å². The maximum absolute atomic E-state index is 12.9. The zero-order valence-corrected chi connectivity index (χ0v) is 17.3. The number of benzene rings is 2. The number of halogens is 1. The summed E-state index contributed by atoms with van der Waals surface area (Å²) in [4.78, 5) is 12.9. The van der Waals surface area contributed by atoms with Crippen LogP contribution in [0.3, 0.4) is 0 Å². The molecule has 1 atom stereocenters. The first-order valence-corrected chi connectivity index (χ1v) is 10.9. The van der Waals surface area contributed by atoms with Crippen molar-refractivity contribution in [2.45, 2.75) is 19.4 Å². The van der Waals surface area contributed by atoms with Gasteiger partial charge in [0.25, 0.3) is 0 Å². The molecular formula is C20H23ClN2O4S. The van der Waals surface area contributed by atoms with Gasteiger partial charge in [0.05, 0.1) is 11.9 Å². The lowest BCUT2D eigenvalue weighted by Crippen LogP contribution is -2.46. The lowest BCUT2D eigenvalue weighted by Gasteiger charge is -2.30. The minimum Gasteiger partial charge on any atom is -0.489 e. The van der Waals surface area contributed by atoms with Crippen LogP contribution >= 0.6 is 11.6 Å². The molecule has 0 bridgehead atoms. The first-order chi connectivity index (χ1) is 13.3. The van der Waals surface area contributed by atoms with Gasteiger partial charge in [-0.05, 0) is 42.8 Å². The van der Waals surface area contributed by atoms with Crippen molar-refractivity contribution < 1.29 is 17.9 Å². The van der Waals surface area contributed by atoms with Crippen molar-refractivity contribution in [3.8, 4) is 5.75 Å². The minimum atomic E-state index is -3.71. The molecule has 0 heterocycles. The highest BCUT2D eigenvalue weighted by Gasteiger charge is 2.31. The van der Waals surface area contributed by atoms with Crippen LogP contribution in [0.25, 0.3) is 0 Å². The van der Waals surface area contributed by atoms with Crippen LogP contribution in [0, 0.1) is 0 Å². The number of anilines is 2. The van der Waals surface area contributed by atoms with Crippen LogP contribution in [-0.4, -0.2) is 33.2 Å². The zero-order valence-electron chi connectivity index (χ0n) is 15.8. The maximum atomic E-state index is 12.9. The molecular weight excluding hydrogens is 400 g/mol. The van der Waals surface area contributed by atoms with Crippen molar-refractivity contribution >= 4 is 38.9 Å². The number of nitrogens with one attached hydrogen (secondary N) is 1. The van der Waals surface area contributed by atoms with Crippen molar-refractivity contribution in [1.29, 1.82) is 0 Å². The number of hydrogen-bond acceptors (Lipinski definition) is 4. The van der Waals surface area contributed by atoms with Gasteiger partial charge in [-0.15, -0.1) is 0 Å². The van der Waals surface area contributed by atoms with Gasteiger partial charge in [-0.1, -0.05) is 37.2 Å². The summed E-state index contributed by atoms with van der Waals surface area (Å²) >= 11 is 5.90. The van der Waals surface area contributed by atoms with E-state index in [1.807, 2.05) is 0 Å². The molecule has 0 aliphatic rings. The number of carbonyl (C=O) groups is 1. The maximum Gasteiger partial charge on any atom is 0.248 e. The molecule has 0 spiro atoms. The number of hydrogen-bond donors (Lipinski definition) is 1. The van der Waals surface area contributed by atoms with Crippen LogP contribution in [0.4, 0.5) is 11.4 Å². The summed E-state index contributed by atoms with van der Waals surface area (Å²) < 4.78 is 31.4. The Morgan fingerprint density at radius 3 is 2.54 bits per heavy atom. The average Bonchev–Trinajstić information content (AvgIpc) is 2.64. The quantitative estimate of drug-likeness (QED) is 0.617. The lowest BCUT2D eigenvalue weighted by atomic mass is 10.1. The monoisotopic (exact) mass is 422 g/mol. The van der Waals surface area contributed by atoms with Crippen molar-refractivity contribution in [2.75, 3.05) is 22.5 Å². The summed E-state index contributed by atoms with van der Waals surface area (Å²) in [6.07, 6.45) is 2.98. The van der Waals surface area contributed by atoms with E-state index in [-0.39, 0.29) is 6.42 Å². The predicted octanol–water partition coefficient (Wildman–Crippen LogP) is 4.09. The molecule has 28 heavy (non-hydrogen) atoms. The van der Waals surface area contributed by atoms with Gasteiger partial charge in [-0.25, -0.2) is 8.42 Å². The van der Waals surface area contributed by atoms with Crippen LogP contribution in [0.5, 0.6) is 5.75 Å². The molecule has 0 fully saturated rings. The van der Waals surface area contributed by atoms with E-state index in [0.29, 0.717) is 28.8 Å². The molecule has 0 aliphatic heterocycles. The standard InChI is InChI=1S/C20H23ClN2O4S/c1-4-13-27-18-8-6-7-16(14-18)22-20(24)19(5-2)23(28(3,25)26)17-11-9-15(21)10-12-17/h4,6-12,14,19H,1,5,13H2,2-3H3,(H,22,24). The molecule has 2 rings (SSSR count). The highest BCUT2D eigenvalue weighted by atomic mass is 35.5. The molecule has 0 radical (unpaired) electrons. The second kappa shape index (κ2) is 9.61. The van der Waals surface area contributed by atoms with E-state index >= 15 is 0 Å². The molecule has 0 aliphatic carbocycles. The molecule has 0 saturated carbocycles. The lowest BCUT2D eigenvalue weighted by molar-refractivity contribution is -0.117. The topological polar surface area (TPSA) is 75.7 Å². The Morgan fingerprint density at radius 2 is 1.96 bits per heavy atom. The number of ether oxygens (including phenoxy) is 1. The smallest absolute Gasteiger partial charge is 0.248 e. The summed E-state index contributed by atoms with van der Waals surface area (Å²) in [6, 6.07) is 12.3. The van der Waals surface area contributed by atoms with Crippen molar-refractivity contribution in [3.63, 3.8) is 0 Å². The Labute approximate surface area is 170 Å². The predicted molar refractivity (Wildman–Crippen MR) is 114 cm³/mol.